The first kappa shape index (κ1) is 23.8. The molecule has 2 aromatic heterocycles. The monoisotopic (exact) mass is 472 g/mol. The highest BCUT2D eigenvalue weighted by Crippen LogP contribution is 2.32. The lowest BCUT2D eigenvalue weighted by Gasteiger charge is -2.32. The summed E-state index contributed by atoms with van der Waals surface area (Å²) in [6, 6.07) is 0. The van der Waals surface area contributed by atoms with Crippen LogP contribution in [0.25, 0.3) is 11.2 Å². The van der Waals surface area contributed by atoms with Crippen molar-refractivity contribution in [3.8, 4) is 11.8 Å². The molecule has 2 aliphatic heterocycles. The Morgan fingerprint density at radius 3 is 2.65 bits per heavy atom. The van der Waals surface area contributed by atoms with Crippen LogP contribution in [-0.2, 0) is 14.3 Å². The number of anilines is 1. The molecule has 4 atom stereocenters. The number of nitrogens with zero attached hydrogens (tertiary/aromatic N) is 6. The second-order valence-electron chi connectivity index (χ2n) is 8.16. The Morgan fingerprint density at radius 1 is 1.24 bits per heavy atom. The zero-order chi connectivity index (χ0) is 24.4. The number of carbonyl (C=O) groups is 2. The number of ether oxygens (including phenoxy) is 1. The standard InChI is InChI=1S/C21H28N8O5/c1-3-23-20(33)17-15(31)16(32)21(34-17)29-11-24-14-18(22)25-13(26-19(14)29)5-4-6-27-7-9-28(10-8-27)12(2)30/h11,15-17,21,31-32H,3,6-10H2,1-2H3,(H,23,33)(H2,22,25,26)/t15-,16?,17+,21-/m1/s1. The lowest BCUT2D eigenvalue weighted by Crippen LogP contribution is -2.47. The fraction of sp³-hybridized carbons (Fsp3) is 0.571. The van der Waals surface area contributed by atoms with Crippen molar-refractivity contribution >= 4 is 28.8 Å². The van der Waals surface area contributed by atoms with Crippen LogP contribution in [0.5, 0.6) is 0 Å². The number of imidazole rings is 1. The topological polar surface area (TPSA) is 172 Å². The van der Waals surface area contributed by atoms with Crippen molar-refractivity contribution in [2.75, 3.05) is 45.0 Å². The average Bonchev–Trinajstić information content (AvgIpc) is 3.36. The first-order valence-corrected chi connectivity index (χ1v) is 11.1. The predicted molar refractivity (Wildman–Crippen MR) is 120 cm³/mol. The number of rotatable bonds is 4. The van der Waals surface area contributed by atoms with E-state index in [0.29, 0.717) is 26.2 Å². The molecule has 0 radical (unpaired) electrons. The van der Waals surface area contributed by atoms with Crippen molar-refractivity contribution in [3.05, 3.63) is 12.2 Å². The number of hydrogen-bond acceptors (Lipinski definition) is 10. The maximum absolute atomic E-state index is 12.2. The highest BCUT2D eigenvalue weighted by Gasteiger charge is 2.47. The molecule has 13 heteroatoms. The van der Waals surface area contributed by atoms with E-state index in [2.05, 4.69) is 37.0 Å². The van der Waals surface area contributed by atoms with Crippen LogP contribution in [0.15, 0.2) is 6.33 Å². The summed E-state index contributed by atoms with van der Waals surface area (Å²) in [5.41, 5.74) is 6.60. The van der Waals surface area contributed by atoms with E-state index in [9.17, 15) is 19.8 Å². The van der Waals surface area contributed by atoms with Gasteiger partial charge in [-0.15, -0.1) is 0 Å². The van der Waals surface area contributed by atoms with Crippen LogP contribution < -0.4 is 11.1 Å². The molecule has 1 unspecified atom stereocenters. The van der Waals surface area contributed by atoms with E-state index in [1.54, 1.807) is 18.7 Å². The molecule has 4 rings (SSSR count). The average molecular weight is 473 g/mol. The van der Waals surface area contributed by atoms with E-state index in [1.165, 1.54) is 10.9 Å². The predicted octanol–water partition coefficient (Wildman–Crippen LogP) is -2.32. The van der Waals surface area contributed by atoms with Crippen molar-refractivity contribution in [3.63, 3.8) is 0 Å². The van der Waals surface area contributed by atoms with Gasteiger partial charge in [0.15, 0.2) is 23.8 Å². The van der Waals surface area contributed by atoms with Crippen LogP contribution in [0.1, 0.15) is 25.9 Å². The molecule has 0 aromatic carbocycles. The fourth-order valence-electron chi connectivity index (χ4n) is 4.01. The molecular weight excluding hydrogens is 444 g/mol. The number of nitrogens with one attached hydrogen (secondary N) is 1. The minimum atomic E-state index is -1.42. The fourth-order valence-corrected chi connectivity index (χ4v) is 4.01. The minimum absolute atomic E-state index is 0.0701. The number of piperazine rings is 1. The van der Waals surface area contributed by atoms with Gasteiger partial charge < -0.3 is 30.9 Å². The second kappa shape index (κ2) is 9.90. The largest absolute Gasteiger partial charge is 0.387 e. The third-order valence-corrected chi connectivity index (χ3v) is 5.89. The summed E-state index contributed by atoms with van der Waals surface area (Å²) < 4.78 is 7.07. The van der Waals surface area contributed by atoms with Gasteiger partial charge in [0.25, 0.3) is 5.91 Å². The highest BCUT2D eigenvalue weighted by molar-refractivity contribution is 5.83. The SMILES string of the molecule is CCNC(=O)[C@H]1O[C@@H](n2cnc3c(N)nc(C#CCN4CCN(C(C)=O)CC4)nc32)C(O)[C@H]1O. The number of amides is 2. The Balaban J connectivity index is 1.52. The number of nitrogens with two attached hydrogens (primary N) is 1. The highest BCUT2D eigenvalue weighted by atomic mass is 16.6. The summed E-state index contributed by atoms with van der Waals surface area (Å²) in [6.45, 7) is 6.94. The number of likely N-dealkylation sites (N-methyl/N-ethyl adjacent to an activating group) is 1. The second-order valence-corrected chi connectivity index (χ2v) is 8.16. The van der Waals surface area contributed by atoms with Crippen molar-refractivity contribution in [1.82, 2.24) is 34.6 Å². The zero-order valence-electron chi connectivity index (χ0n) is 19.0. The zero-order valence-corrected chi connectivity index (χ0v) is 19.0. The Kier molecular flexibility index (Phi) is 6.94. The molecule has 5 N–H and O–H groups in total. The molecule has 34 heavy (non-hydrogen) atoms. The van der Waals surface area contributed by atoms with E-state index in [4.69, 9.17) is 10.5 Å². The lowest BCUT2D eigenvalue weighted by molar-refractivity contribution is -0.137. The van der Waals surface area contributed by atoms with E-state index >= 15 is 0 Å². The first-order chi connectivity index (χ1) is 16.3. The van der Waals surface area contributed by atoms with Gasteiger partial charge in [0.05, 0.1) is 12.9 Å². The van der Waals surface area contributed by atoms with Gasteiger partial charge in [0, 0.05) is 39.6 Å². The van der Waals surface area contributed by atoms with Crippen LogP contribution >= 0.6 is 0 Å². The maximum atomic E-state index is 12.2. The van der Waals surface area contributed by atoms with Crippen LogP contribution in [0.3, 0.4) is 0 Å². The Hall–Kier alpha value is -3.31. The molecule has 0 aliphatic carbocycles. The minimum Gasteiger partial charge on any atom is -0.387 e. The third-order valence-electron chi connectivity index (χ3n) is 5.89. The van der Waals surface area contributed by atoms with Gasteiger partial charge in [-0.25, -0.2) is 15.0 Å². The number of aliphatic hydroxyl groups excluding tert-OH is 2. The summed E-state index contributed by atoms with van der Waals surface area (Å²) >= 11 is 0. The summed E-state index contributed by atoms with van der Waals surface area (Å²) in [7, 11) is 0. The van der Waals surface area contributed by atoms with Gasteiger partial charge >= 0.3 is 0 Å². The summed E-state index contributed by atoms with van der Waals surface area (Å²) in [5.74, 6) is 5.75. The molecule has 2 aliphatic rings. The Morgan fingerprint density at radius 2 is 1.97 bits per heavy atom. The molecule has 2 fully saturated rings. The van der Waals surface area contributed by atoms with E-state index < -0.39 is 30.4 Å². The molecule has 0 spiro atoms. The van der Waals surface area contributed by atoms with Crippen molar-refractivity contribution in [2.24, 2.45) is 0 Å². The van der Waals surface area contributed by atoms with Gasteiger partial charge in [-0.2, -0.15) is 0 Å². The van der Waals surface area contributed by atoms with E-state index in [-0.39, 0.29) is 28.7 Å². The van der Waals surface area contributed by atoms with Crippen molar-refractivity contribution in [2.45, 2.75) is 38.4 Å². The number of hydrogen-bond donors (Lipinski definition) is 4. The Labute approximate surface area is 195 Å². The third kappa shape index (κ3) is 4.66. The summed E-state index contributed by atoms with van der Waals surface area (Å²) in [5, 5.41) is 23.4. The van der Waals surface area contributed by atoms with Crippen LogP contribution in [-0.4, -0.2) is 109 Å². The van der Waals surface area contributed by atoms with Crippen LogP contribution in [0.4, 0.5) is 5.82 Å². The number of aromatic nitrogens is 4. The summed E-state index contributed by atoms with van der Waals surface area (Å²) in [4.78, 5) is 40.3. The van der Waals surface area contributed by atoms with Gasteiger partial charge in [0.2, 0.25) is 11.7 Å². The first-order valence-electron chi connectivity index (χ1n) is 11.1. The molecule has 0 bridgehead atoms. The molecule has 182 valence electrons. The van der Waals surface area contributed by atoms with Gasteiger partial charge in [-0.3, -0.25) is 19.1 Å². The number of fused-ring (bicyclic) bond motifs is 1. The smallest absolute Gasteiger partial charge is 0.252 e. The lowest BCUT2D eigenvalue weighted by atomic mass is 10.1. The van der Waals surface area contributed by atoms with Gasteiger partial charge in [0.1, 0.15) is 17.7 Å². The van der Waals surface area contributed by atoms with Gasteiger partial charge in [-0.05, 0) is 12.8 Å². The number of carbonyl (C=O) groups excluding carboxylic acids is 2. The number of nitrogen functional groups attached to an aromatic ring is 1. The molecule has 2 amide bonds. The molecule has 2 aromatic rings. The number of aliphatic hydroxyl groups is 2. The molecule has 4 heterocycles. The van der Waals surface area contributed by atoms with Crippen LogP contribution in [0.2, 0.25) is 0 Å². The quantitative estimate of drug-likeness (QED) is 0.354. The van der Waals surface area contributed by atoms with Gasteiger partial charge in [-0.1, -0.05) is 5.92 Å². The Bertz CT molecular complexity index is 1130. The summed E-state index contributed by atoms with van der Waals surface area (Å²) in [6.07, 6.45) is -3.78. The molecule has 13 nitrogen and oxygen atoms in total. The molecule has 2 saturated heterocycles. The normalized spacial score (nSPS) is 25.2. The van der Waals surface area contributed by atoms with E-state index in [1.807, 2.05) is 0 Å². The van der Waals surface area contributed by atoms with Crippen LogP contribution in [0, 0.1) is 11.8 Å². The van der Waals surface area contributed by atoms with Crippen molar-refractivity contribution < 1.29 is 24.5 Å². The van der Waals surface area contributed by atoms with E-state index in [0.717, 1.165) is 13.1 Å². The molecular formula is C21H28N8O5. The molecule has 0 saturated carbocycles. The maximum Gasteiger partial charge on any atom is 0.252 e. The van der Waals surface area contributed by atoms with Crippen molar-refractivity contribution in [1.29, 1.82) is 0 Å².